The van der Waals surface area contributed by atoms with Crippen LogP contribution in [0.4, 0.5) is 0 Å². The van der Waals surface area contributed by atoms with Crippen LogP contribution < -0.4 is 0 Å². The van der Waals surface area contributed by atoms with E-state index in [-0.39, 0.29) is 5.41 Å². The summed E-state index contributed by atoms with van der Waals surface area (Å²) >= 11 is 0. The van der Waals surface area contributed by atoms with Gasteiger partial charge in [0.1, 0.15) is 0 Å². The maximum Gasteiger partial charge on any atom is -0.0132 e. The average molecular weight is 214 g/mol. The summed E-state index contributed by atoms with van der Waals surface area (Å²) in [6.45, 7) is 6.85. The number of rotatable bonds is 1. The Morgan fingerprint density at radius 2 is 1.56 bits per heavy atom. The zero-order chi connectivity index (χ0) is 11.4. The Morgan fingerprint density at radius 3 is 2.00 bits per heavy atom. The van der Waals surface area contributed by atoms with Crippen molar-refractivity contribution < 1.29 is 0 Å². The molecule has 0 radical (unpaired) electrons. The number of hydrogen-bond acceptors (Lipinski definition) is 0. The summed E-state index contributed by atoms with van der Waals surface area (Å²) in [5, 5.41) is 0. The molecule has 1 aromatic rings. The van der Waals surface area contributed by atoms with Crippen LogP contribution in [-0.2, 0) is 5.41 Å². The minimum Gasteiger partial charge on any atom is -0.0585 e. The third-order valence-electron chi connectivity index (χ3n) is 4.56. The van der Waals surface area contributed by atoms with Gasteiger partial charge in [-0.2, -0.15) is 0 Å². The van der Waals surface area contributed by atoms with Gasteiger partial charge in [0, 0.05) is 0 Å². The standard InChI is InChI=1S/C16H22/c1-15(2,3)14-6-4-12(5-7-14)13-10-16(11-13)8-9-16/h4-7,13H,8-11H2,1-3H3. The first-order chi connectivity index (χ1) is 7.49. The van der Waals surface area contributed by atoms with Gasteiger partial charge < -0.3 is 0 Å². The van der Waals surface area contributed by atoms with E-state index in [0.717, 1.165) is 11.3 Å². The summed E-state index contributed by atoms with van der Waals surface area (Å²) < 4.78 is 0. The fourth-order valence-electron chi connectivity index (χ4n) is 3.06. The second kappa shape index (κ2) is 3.12. The van der Waals surface area contributed by atoms with Crippen molar-refractivity contribution in [3.8, 4) is 0 Å². The van der Waals surface area contributed by atoms with Crippen LogP contribution in [-0.4, -0.2) is 0 Å². The van der Waals surface area contributed by atoms with E-state index in [4.69, 9.17) is 0 Å². The quantitative estimate of drug-likeness (QED) is 0.638. The zero-order valence-corrected chi connectivity index (χ0v) is 10.7. The summed E-state index contributed by atoms with van der Waals surface area (Å²) in [6, 6.07) is 9.38. The van der Waals surface area contributed by atoms with Crippen molar-refractivity contribution in [2.45, 2.75) is 57.8 Å². The molecule has 0 aromatic heterocycles. The van der Waals surface area contributed by atoms with Crippen molar-refractivity contribution in [2.24, 2.45) is 5.41 Å². The van der Waals surface area contributed by atoms with E-state index in [0.29, 0.717) is 0 Å². The average Bonchev–Trinajstić information content (AvgIpc) is 2.94. The van der Waals surface area contributed by atoms with Gasteiger partial charge in [0.15, 0.2) is 0 Å². The largest absolute Gasteiger partial charge is 0.0585 e. The van der Waals surface area contributed by atoms with Gasteiger partial charge in [-0.05, 0) is 53.6 Å². The van der Waals surface area contributed by atoms with Crippen LogP contribution in [0, 0.1) is 5.41 Å². The van der Waals surface area contributed by atoms with Gasteiger partial charge in [0.25, 0.3) is 0 Å². The van der Waals surface area contributed by atoms with E-state index >= 15 is 0 Å². The molecule has 0 amide bonds. The van der Waals surface area contributed by atoms with Crippen molar-refractivity contribution in [2.75, 3.05) is 0 Å². The molecule has 2 fully saturated rings. The molecule has 0 nitrogen and oxygen atoms in total. The highest BCUT2D eigenvalue weighted by atomic mass is 14.6. The van der Waals surface area contributed by atoms with Crippen LogP contribution >= 0.6 is 0 Å². The Balaban J connectivity index is 1.73. The van der Waals surface area contributed by atoms with E-state index in [1.807, 2.05) is 0 Å². The fraction of sp³-hybridized carbons (Fsp3) is 0.625. The predicted molar refractivity (Wildman–Crippen MR) is 68.8 cm³/mol. The maximum absolute atomic E-state index is 2.36. The van der Waals surface area contributed by atoms with Crippen LogP contribution in [0.15, 0.2) is 24.3 Å². The number of hydrogen-bond donors (Lipinski definition) is 0. The molecule has 0 aliphatic heterocycles. The van der Waals surface area contributed by atoms with Gasteiger partial charge in [-0.25, -0.2) is 0 Å². The Labute approximate surface area is 99.1 Å². The summed E-state index contributed by atoms with van der Waals surface area (Å²) in [5.74, 6) is 0.872. The minimum atomic E-state index is 0.288. The first-order valence-electron chi connectivity index (χ1n) is 6.59. The molecule has 16 heavy (non-hydrogen) atoms. The Morgan fingerprint density at radius 1 is 1.00 bits per heavy atom. The third kappa shape index (κ3) is 1.69. The van der Waals surface area contributed by atoms with Gasteiger partial charge in [-0.1, -0.05) is 45.0 Å². The molecule has 0 atom stereocenters. The fourth-order valence-corrected chi connectivity index (χ4v) is 3.06. The van der Waals surface area contributed by atoms with E-state index in [1.165, 1.54) is 31.2 Å². The lowest BCUT2D eigenvalue weighted by atomic mass is 9.68. The first-order valence-corrected chi connectivity index (χ1v) is 6.59. The summed E-state index contributed by atoms with van der Waals surface area (Å²) in [6.07, 6.45) is 5.93. The summed E-state index contributed by atoms with van der Waals surface area (Å²) in [4.78, 5) is 0. The molecule has 0 bridgehead atoms. The molecule has 2 aliphatic carbocycles. The van der Waals surface area contributed by atoms with E-state index < -0.39 is 0 Å². The van der Waals surface area contributed by atoms with Gasteiger partial charge in [0.2, 0.25) is 0 Å². The van der Waals surface area contributed by atoms with Crippen molar-refractivity contribution in [1.82, 2.24) is 0 Å². The van der Waals surface area contributed by atoms with Crippen LogP contribution in [0.5, 0.6) is 0 Å². The highest BCUT2D eigenvalue weighted by Crippen LogP contribution is 2.66. The molecule has 3 rings (SSSR count). The lowest BCUT2D eigenvalue weighted by molar-refractivity contribution is 0.237. The topological polar surface area (TPSA) is 0 Å². The molecule has 0 N–H and O–H groups in total. The molecule has 0 unspecified atom stereocenters. The van der Waals surface area contributed by atoms with Gasteiger partial charge in [0.05, 0.1) is 0 Å². The lowest BCUT2D eigenvalue weighted by Crippen LogP contribution is -2.23. The molecule has 86 valence electrons. The molecule has 1 aromatic carbocycles. The predicted octanol–water partition coefficient (Wildman–Crippen LogP) is 4.64. The highest BCUT2D eigenvalue weighted by Gasteiger charge is 2.52. The maximum atomic E-state index is 2.36. The smallest absolute Gasteiger partial charge is 0.0132 e. The van der Waals surface area contributed by atoms with Crippen molar-refractivity contribution >= 4 is 0 Å². The monoisotopic (exact) mass is 214 g/mol. The highest BCUT2D eigenvalue weighted by molar-refractivity contribution is 5.32. The van der Waals surface area contributed by atoms with E-state index in [2.05, 4.69) is 45.0 Å². The van der Waals surface area contributed by atoms with E-state index in [9.17, 15) is 0 Å². The van der Waals surface area contributed by atoms with Crippen LogP contribution in [0.2, 0.25) is 0 Å². The molecule has 0 heteroatoms. The normalized spacial score (nSPS) is 23.2. The molecule has 2 aliphatic rings. The molecule has 2 saturated carbocycles. The first kappa shape index (κ1) is 10.4. The molecule has 0 saturated heterocycles. The Bertz CT molecular complexity index is 379. The zero-order valence-electron chi connectivity index (χ0n) is 10.7. The van der Waals surface area contributed by atoms with Crippen molar-refractivity contribution in [3.63, 3.8) is 0 Å². The second-order valence-corrected chi connectivity index (χ2v) is 6.98. The Kier molecular flexibility index (Phi) is 2.02. The SMILES string of the molecule is CC(C)(C)c1ccc(C2CC3(CC3)C2)cc1. The molecular weight excluding hydrogens is 192 g/mol. The molecule has 0 heterocycles. The van der Waals surface area contributed by atoms with E-state index in [1.54, 1.807) is 5.56 Å². The lowest BCUT2D eigenvalue weighted by Gasteiger charge is -2.36. The third-order valence-corrected chi connectivity index (χ3v) is 4.56. The van der Waals surface area contributed by atoms with Crippen LogP contribution in [0.3, 0.4) is 0 Å². The van der Waals surface area contributed by atoms with Crippen molar-refractivity contribution in [1.29, 1.82) is 0 Å². The van der Waals surface area contributed by atoms with Gasteiger partial charge in [-0.15, -0.1) is 0 Å². The minimum absolute atomic E-state index is 0.288. The summed E-state index contributed by atoms with van der Waals surface area (Å²) in [5.41, 5.74) is 4.14. The number of benzene rings is 1. The van der Waals surface area contributed by atoms with Crippen LogP contribution in [0.1, 0.15) is 63.5 Å². The Hall–Kier alpha value is -0.780. The van der Waals surface area contributed by atoms with Gasteiger partial charge >= 0.3 is 0 Å². The molecular formula is C16H22. The van der Waals surface area contributed by atoms with Crippen molar-refractivity contribution in [3.05, 3.63) is 35.4 Å². The molecule has 1 spiro atoms. The van der Waals surface area contributed by atoms with Crippen LogP contribution in [0.25, 0.3) is 0 Å². The second-order valence-electron chi connectivity index (χ2n) is 6.98. The van der Waals surface area contributed by atoms with Gasteiger partial charge in [-0.3, -0.25) is 0 Å². The summed E-state index contributed by atoms with van der Waals surface area (Å²) in [7, 11) is 0.